The molecule has 1 amide bonds. The number of esters is 1. The number of carbonyl (C=O) groups excluding carboxylic acids is 2. The highest BCUT2D eigenvalue weighted by molar-refractivity contribution is 6.93. The summed E-state index contributed by atoms with van der Waals surface area (Å²) in [5.74, 6) is -0.683. The van der Waals surface area contributed by atoms with Crippen LogP contribution in [0.2, 0.25) is 51.9 Å². The Morgan fingerprint density at radius 2 is 1.50 bits per heavy atom. The van der Waals surface area contributed by atoms with Gasteiger partial charge in [-0.05, 0) is 90.4 Å². The Kier molecular flexibility index (Phi) is 9.72. The smallest absolute Gasteiger partial charge is 0.325 e. The van der Waals surface area contributed by atoms with E-state index >= 15 is 0 Å². The Labute approximate surface area is 208 Å². The van der Waals surface area contributed by atoms with Crippen molar-refractivity contribution in [2.75, 3.05) is 6.54 Å². The third-order valence-electron chi connectivity index (χ3n) is 5.84. The van der Waals surface area contributed by atoms with Gasteiger partial charge in [-0.25, -0.2) is 0 Å². The average molecular weight is 550 g/mol. The third kappa shape index (κ3) is 9.42. The van der Waals surface area contributed by atoms with Crippen LogP contribution in [-0.2, 0) is 30.8 Å². The van der Waals surface area contributed by atoms with Crippen molar-refractivity contribution < 1.29 is 35.9 Å². The molecule has 2 aliphatic rings. The number of aliphatic hydroxyl groups excluding tert-OH is 1. The topological polar surface area (TPSA) is 113 Å². The fourth-order valence-electron chi connectivity index (χ4n) is 4.97. The molecule has 2 N–H and O–H groups in total. The van der Waals surface area contributed by atoms with Crippen LogP contribution in [0.5, 0.6) is 0 Å². The fraction of sp³-hybridized carbons (Fsp3) is 0.810. The molecule has 1 aliphatic heterocycles. The molecule has 3 unspecified atom stereocenters. The van der Waals surface area contributed by atoms with Crippen molar-refractivity contribution in [3.05, 3.63) is 12.2 Å². The lowest BCUT2D eigenvalue weighted by molar-refractivity contribution is -0.158. The minimum Gasteiger partial charge on any atom is -0.458 e. The van der Waals surface area contributed by atoms with E-state index in [0.717, 1.165) is 18.9 Å². The van der Waals surface area contributed by atoms with Crippen molar-refractivity contribution in [1.82, 2.24) is 5.32 Å². The zero-order chi connectivity index (χ0) is 25.9. The summed E-state index contributed by atoms with van der Waals surface area (Å²) in [5.41, 5.74) is 0.320. The van der Waals surface area contributed by atoms with Gasteiger partial charge in [0.25, 0.3) is 0 Å². The predicted octanol–water partition coefficient (Wildman–Crippen LogP) is 3.40. The second kappa shape index (κ2) is 11.2. The number of hydrogen-bond acceptors (Lipinski definition) is 8. The van der Waals surface area contributed by atoms with Crippen LogP contribution in [0, 0.1) is 5.92 Å². The van der Waals surface area contributed by atoms with Crippen molar-refractivity contribution in [1.29, 1.82) is 0 Å². The van der Waals surface area contributed by atoms with Crippen molar-refractivity contribution in [2.45, 2.75) is 96.7 Å². The molecule has 1 saturated heterocycles. The molecule has 3 atom stereocenters. The summed E-state index contributed by atoms with van der Waals surface area (Å²) in [4.78, 5) is 23.8. The molecule has 0 aromatic heterocycles. The quantitative estimate of drug-likeness (QED) is 0.282. The summed E-state index contributed by atoms with van der Waals surface area (Å²) < 4.78 is 31.6. The molecule has 0 radical (unpaired) electrons. The first-order valence-corrected chi connectivity index (χ1v) is 23.0. The van der Waals surface area contributed by atoms with Crippen LogP contribution in [0.15, 0.2) is 12.2 Å². The van der Waals surface area contributed by atoms with Crippen LogP contribution in [0.4, 0.5) is 0 Å². The number of carbonyl (C=O) groups is 2. The molecule has 1 saturated carbocycles. The normalized spacial score (nSPS) is 29.9. The Morgan fingerprint density at radius 1 is 0.971 bits per heavy atom. The molecule has 9 nitrogen and oxygen atoms in total. The highest BCUT2D eigenvalue weighted by atomic mass is 28.5. The largest absolute Gasteiger partial charge is 0.458 e. The van der Waals surface area contributed by atoms with Crippen molar-refractivity contribution in [2.24, 2.45) is 5.92 Å². The lowest BCUT2D eigenvalue weighted by Crippen LogP contribution is -2.65. The molecule has 0 aromatic rings. The zero-order valence-corrected chi connectivity index (χ0v) is 26.0. The summed E-state index contributed by atoms with van der Waals surface area (Å²) in [6, 6.07) is 0.782. The number of aliphatic hydroxyl groups is 1. The van der Waals surface area contributed by atoms with Crippen molar-refractivity contribution >= 4 is 46.1 Å². The molecule has 1 heterocycles. The van der Waals surface area contributed by atoms with E-state index in [0.29, 0.717) is 18.4 Å². The maximum atomic E-state index is 12.2. The third-order valence-corrected chi connectivity index (χ3v) is 22.3. The van der Waals surface area contributed by atoms with Gasteiger partial charge in [-0.15, -0.1) is 0 Å². The molecule has 0 spiro atoms. The Hall–Kier alpha value is -0.652. The van der Waals surface area contributed by atoms with Gasteiger partial charge in [0.05, 0.1) is 6.10 Å². The first-order valence-electron chi connectivity index (χ1n) is 12.0. The van der Waals surface area contributed by atoms with Gasteiger partial charge in [-0.1, -0.05) is 6.58 Å². The first-order chi connectivity index (χ1) is 15.4. The second-order valence-corrected chi connectivity index (χ2v) is 25.5. The van der Waals surface area contributed by atoms with E-state index in [2.05, 4.69) is 44.6 Å². The first kappa shape index (κ1) is 29.6. The summed E-state index contributed by atoms with van der Waals surface area (Å²) in [5, 5.41) is 12.9. The molecule has 2 fully saturated rings. The van der Waals surface area contributed by atoms with Crippen LogP contribution < -0.4 is 5.32 Å². The van der Waals surface area contributed by atoms with E-state index in [1.807, 2.05) is 13.1 Å². The molecule has 196 valence electrons. The van der Waals surface area contributed by atoms with Gasteiger partial charge in [-0.2, -0.15) is 0 Å². The molecular weight excluding hydrogens is 507 g/mol. The fourth-order valence-corrected chi connectivity index (χ4v) is 26.7. The van der Waals surface area contributed by atoms with Gasteiger partial charge in [0.2, 0.25) is 5.91 Å². The minimum absolute atomic E-state index is 0.245. The van der Waals surface area contributed by atoms with Gasteiger partial charge in [0, 0.05) is 5.57 Å². The summed E-state index contributed by atoms with van der Waals surface area (Å²) in [6.45, 7) is 19.3. The monoisotopic (exact) mass is 549 g/mol. The number of ether oxygens (including phenoxy) is 1. The SMILES string of the molecule is C=C(C)C(=O)NCC(=O)OC1CC(CC[Si]2(C)O[Si](C)(C)O[Si](C)(C)O[Si](C)(C)O2)CCC1O. The van der Waals surface area contributed by atoms with Gasteiger partial charge >= 0.3 is 40.2 Å². The number of rotatable bonds is 7. The number of nitrogens with one attached hydrogen (secondary N) is 1. The van der Waals surface area contributed by atoms with Gasteiger partial charge in [0.15, 0.2) is 0 Å². The van der Waals surface area contributed by atoms with Crippen molar-refractivity contribution in [3.8, 4) is 0 Å². The molecule has 0 bridgehead atoms. The van der Waals surface area contributed by atoms with Crippen LogP contribution in [0.1, 0.15) is 32.6 Å². The van der Waals surface area contributed by atoms with E-state index in [1.165, 1.54) is 0 Å². The Bertz CT molecular complexity index is 754. The minimum atomic E-state index is -2.57. The molecule has 2 rings (SSSR count). The van der Waals surface area contributed by atoms with E-state index in [1.54, 1.807) is 6.92 Å². The zero-order valence-electron chi connectivity index (χ0n) is 22.0. The maximum absolute atomic E-state index is 12.2. The molecule has 13 heteroatoms. The molecule has 0 aromatic carbocycles. The summed E-state index contributed by atoms with van der Waals surface area (Å²) in [6.07, 6.45) is 1.54. The second-order valence-electron chi connectivity index (χ2n) is 11.0. The van der Waals surface area contributed by atoms with E-state index < -0.39 is 58.3 Å². The van der Waals surface area contributed by atoms with Crippen LogP contribution >= 0.6 is 0 Å². The Balaban J connectivity index is 1.97. The van der Waals surface area contributed by atoms with Gasteiger partial charge in [0.1, 0.15) is 12.6 Å². The lowest BCUT2D eigenvalue weighted by atomic mass is 9.84. The summed E-state index contributed by atoms with van der Waals surface area (Å²) in [7, 11) is -9.74. The number of hydrogen-bond donors (Lipinski definition) is 2. The predicted molar refractivity (Wildman–Crippen MR) is 139 cm³/mol. The van der Waals surface area contributed by atoms with E-state index in [9.17, 15) is 14.7 Å². The molecule has 34 heavy (non-hydrogen) atoms. The van der Waals surface area contributed by atoms with E-state index in [4.69, 9.17) is 21.2 Å². The van der Waals surface area contributed by atoms with Crippen LogP contribution in [0.25, 0.3) is 0 Å². The lowest BCUT2D eigenvalue weighted by Gasteiger charge is -2.47. The van der Waals surface area contributed by atoms with Crippen LogP contribution in [-0.4, -0.2) is 70.0 Å². The standard InChI is InChI=1S/C21H43NO8Si4/c1-16(2)21(25)22-15-20(24)26-19-14-17(10-11-18(19)23)12-13-34(9)29-32(5,6)27-31(3,4)28-33(7,8)30-34/h17-19,23H,1,10-15H2,2-9H3,(H,22,25). The maximum Gasteiger partial charge on any atom is 0.325 e. The molecule has 1 aliphatic carbocycles. The van der Waals surface area contributed by atoms with Crippen molar-refractivity contribution in [3.63, 3.8) is 0 Å². The molecular formula is C21H43NO8Si4. The van der Waals surface area contributed by atoms with E-state index in [-0.39, 0.29) is 12.5 Å². The average Bonchev–Trinajstić information content (AvgIpc) is 2.62. The van der Waals surface area contributed by atoms with Crippen LogP contribution in [0.3, 0.4) is 0 Å². The summed E-state index contributed by atoms with van der Waals surface area (Å²) >= 11 is 0. The number of amides is 1. The van der Waals surface area contributed by atoms with Gasteiger partial charge < -0.3 is 31.6 Å². The van der Waals surface area contributed by atoms with Gasteiger partial charge in [-0.3, -0.25) is 9.59 Å². The Morgan fingerprint density at radius 3 is 2.03 bits per heavy atom. The highest BCUT2D eigenvalue weighted by Crippen LogP contribution is 2.36. The highest BCUT2D eigenvalue weighted by Gasteiger charge is 2.52.